The van der Waals surface area contributed by atoms with Crippen molar-refractivity contribution < 1.29 is 17.5 Å². The Kier molecular flexibility index (Phi) is 11.1. The largest absolute Gasteiger partial charge is 0.748 e. The van der Waals surface area contributed by atoms with Crippen LogP contribution in [0, 0.1) is 0 Å². The van der Waals surface area contributed by atoms with E-state index >= 15 is 0 Å². The highest BCUT2D eigenvalue weighted by Crippen LogP contribution is 2.15. The number of hydrogen-bond acceptors (Lipinski definition) is 3. The predicted octanol–water partition coefficient (Wildman–Crippen LogP) is 4.29. The number of nitrogens with zero attached hydrogens (tertiary/aromatic N) is 1. The summed E-state index contributed by atoms with van der Waals surface area (Å²) in [6.07, 6.45) is 18.1. The number of rotatable bonds is 12. The summed E-state index contributed by atoms with van der Waals surface area (Å²) in [5.74, 6) is -0.365. The Balaban J connectivity index is 5.36. The highest BCUT2D eigenvalue weighted by atomic mass is 32.2. The molecule has 5 heteroatoms. The first-order valence-electron chi connectivity index (χ1n) is 8.23. The van der Waals surface area contributed by atoms with Crippen LogP contribution in [-0.2, 0) is 10.1 Å². The van der Waals surface area contributed by atoms with E-state index in [1.165, 1.54) is 0 Å². The molecule has 0 N–H and O–H groups in total. The average Bonchev–Trinajstić information content (AvgIpc) is 2.45. The summed E-state index contributed by atoms with van der Waals surface area (Å²) >= 11 is 0. The van der Waals surface area contributed by atoms with Crippen molar-refractivity contribution in [3.8, 4) is 0 Å². The molecule has 0 aliphatic rings. The second-order valence-corrected chi connectivity index (χ2v) is 7.02. The first-order chi connectivity index (χ1) is 10.4. The van der Waals surface area contributed by atoms with Crippen LogP contribution in [0.4, 0.5) is 0 Å². The van der Waals surface area contributed by atoms with Crippen molar-refractivity contribution in [2.45, 2.75) is 59.3 Å². The molecule has 0 rings (SSSR count). The topological polar surface area (TPSA) is 57.2 Å². The van der Waals surface area contributed by atoms with E-state index < -0.39 is 10.1 Å². The SMILES string of the molecule is CCC/C=C/[N+](/C=C/CCC)(/C=C/CCC)CCS(=O)(=O)[O-]. The normalized spacial score (nSPS) is 13.8. The van der Waals surface area contributed by atoms with Gasteiger partial charge in [0.05, 0.1) is 5.75 Å². The van der Waals surface area contributed by atoms with Crippen molar-refractivity contribution >= 4 is 10.1 Å². The van der Waals surface area contributed by atoms with Crippen molar-refractivity contribution in [1.29, 1.82) is 0 Å². The standard InChI is InChI=1S/C17H31NO3S/c1-4-7-10-13-18(14-11-8-5-2,15-12-9-6-3)16-17-22(19,20)21/h10-15H,4-9,16-17H2,1-3H3/b13-10+,14-11+,15-12+. The molecule has 22 heavy (non-hydrogen) atoms. The monoisotopic (exact) mass is 329 g/mol. The molecule has 128 valence electrons. The zero-order valence-electron chi connectivity index (χ0n) is 14.2. The van der Waals surface area contributed by atoms with Crippen molar-refractivity contribution in [1.82, 2.24) is 0 Å². The molecule has 0 amide bonds. The van der Waals surface area contributed by atoms with Gasteiger partial charge >= 0.3 is 0 Å². The zero-order chi connectivity index (χ0) is 16.9. The van der Waals surface area contributed by atoms with Crippen LogP contribution in [0.2, 0.25) is 0 Å². The lowest BCUT2D eigenvalue weighted by molar-refractivity contribution is -0.770. The van der Waals surface area contributed by atoms with Crippen LogP contribution in [0.15, 0.2) is 36.8 Å². The lowest BCUT2D eigenvalue weighted by Gasteiger charge is -2.27. The molecule has 0 aromatic carbocycles. The van der Waals surface area contributed by atoms with Crippen LogP contribution < -0.4 is 0 Å². The van der Waals surface area contributed by atoms with E-state index in [-0.39, 0.29) is 12.3 Å². The Morgan fingerprint density at radius 3 is 1.45 bits per heavy atom. The fraction of sp³-hybridized carbons (Fsp3) is 0.647. The van der Waals surface area contributed by atoms with E-state index in [2.05, 4.69) is 39.0 Å². The number of quaternary nitrogens is 1. The lowest BCUT2D eigenvalue weighted by Crippen LogP contribution is -2.35. The van der Waals surface area contributed by atoms with E-state index in [1.807, 2.05) is 18.6 Å². The van der Waals surface area contributed by atoms with Crippen molar-refractivity contribution in [3.05, 3.63) is 36.8 Å². The fourth-order valence-corrected chi connectivity index (χ4v) is 2.49. The van der Waals surface area contributed by atoms with Gasteiger partial charge in [-0.3, -0.25) is 0 Å². The molecular weight excluding hydrogens is 298 g/mol. The van der Waals surface area contributed by atoms with Gasteiger partial charge in [0, 0.05) is 0 Å². The van der Waals surface area contributed by atoms with Gasteiger partial charge in [0.15, 0.2) is 0 Å². The molecule has 0 aromatic heterocycles. The van der Waals surface area contributed by atoms with Gasteiger partial charge in [0.2, 0.25) is 0 Å². The summed E-state index contributed by atoms with van der Waals surface area (Å²) in [6.45, 7) is 6.54. The average molecular weight is 330 g/mol. The van der Waals surface area contributed by atoms with Crippen LogP contribution in [-0.4, -0.2) is 29.8 Å². The van der Waals surface area contributed by atoms with Crippen molar-refractivity contribution in [3.63, 3.8) is 0 Å². The molecule has 0 saturated carbocycles. The number of unbranched alkanes of at least 4 members (excludes halogenated alkanes) is 3. The smallest absolute Gasteiger partial charge is 0.104 e. The predicted molar refractivity (Wildman–Crippen MR) is 91.8 cm³/mol. The Morgan fingerprint density at radius 1 is 0.818 bits per heavy atom. The molecule has 4 nitrogen and oxygen atoms in total. The molecule has 0 saturated heterocycles. The molecule has 0 aromatic rings. The third-order valence-electron chi connectivity index (χ3n) is 3.24. The van der Waals surface area contributed by atoms with E-state index in [0.29, 0.717) is 4.48 Å². The molecule has 0 aliphatic heterocycles. The first kappa shape index (κ1) is 21.1. The molecule has 0 radical (unpaired) electrons. The van der Waals surface area contributed by atoms with Crippen LogP contribution in [0.3, 0.4) is 0 Å². The van der Waals surface area contributed by atoms with Crippen LogP contribution >= 0.6 is 0 Å². The minimum Gasteiger partial charge on any atom is -0.748 e. The van der Waals surface area contributed by atoms with Gasteiger partial charge in [-0.05, 0) is 37.5 Å². The maximum atomic E-state index is 11.0. The van der Waals surface area contributed by atoms with E-state index in [0.717, 1.165) is 38.5 Å². The highest BCUT2D eigenvalue weighted by molar-refractivity contribution is 7.85. The minimum atomic E-state index is -4.22. The lowest BCUT2D eigenvalue weighted by atomic mass is 10.2. The molecule has 0 bridgehead atoms. The van der Waals surface area contributed by atoms with Crippen molar-refractivity contribution in [2.75, 3.05) is 12.3 Å². The third kappa shape index (κ3) is 10.8. The molecule has 0 fully saturated rings. The quantitative estimate of drug-likeness (QED) is 0.396. The molecular formula is C17H31NO3S. The van der Waals surface area contributed by atoms with Crippen molar-refractivity contribution in [2.24, 2.45) is 0 Å². The molecule has 0 unspecified atom stereocenters. The van der Waals surface area contributed by atoms with Gasteiger partial charge in [-0.2, -0.15) is 0 Å². The van der Waals surface area contributed by atoms with E-state index in [4.69, 9.17) is 0 Å². The second-order valence-electron chi connectivity index (χ2n) is 5.50. The van der Waals surface area contributed by atoms with Gasteiger partial charge in [0.1, 0.15) is 35.3 Å². The fourth-order valence-electron chi connectivity index (χ4n) is 1.95. The summed E-state index contributed by atoms with van der Waals surface area (Å²) in [5.41, 5.74) is 0. The maximum absolute atomic E-state index is 11.0. The Hall–Kier alpha value is -0.910. The van der Waals surface area contributed by atoms with Gasteiger partial charge in [0.25, 0.3) is 0 Å². The third-order valence-corrected chi connectivity index (χ3v) is 3.93. The summed E-state index contributed by atoms with van der Waals surface area (Å²) in [7, 11) is -4.22. The van der Waals surface area contributed by atoms with Crippen LogP contribution in [0.5, 0.6) is 0 Å². The van der Waals surface area contributed by atoms with E-state index in [1.54, 1.807) is 0 Å². The van der Waals surface area contributed by atoms with Gasteiger partial charge in [-0.1, -0.05) is 40.0 Å². The highest BCUT2D eigenvalue weighted by Gasteiger charge is 2.20. The number of hydrogen-bond donors (Lipinski definition) is 0. The van der Waals surface area contributed by atoms with Gasteiger partial charge in [-0.15, -0.1) is 0 Å². The Bertz CT molecular complexity index is 424. The van der Waals surface area contributed by atoms with Crippen LogP contribution in [0.25, 0.3) is 0 Å². The summed E-state index contributed by atoms with van der Waals surface area (Å²) in [6, 6.07) is 0. The molecule has 0 aliphatic carbocycles. The Morgan fingerprint density at radius 2 is 1.18 bits per heavy atom. The number of allylic oxidation sites excluding steroid dienone is 3. The molecule has 0 atom stereocenters. The van der Waals surface area contributed by atoms with Gasteiger partial charge in [-0.25, -0.2) is 12.9 Å². The second kappa shape index (κ2) is 11.6. The first-order valence-corrected chi connectivity index (χ1v) is 9.80. The van der Waals surface area contributed by atoms with E-state index in [9.17, 15) is 13.0 Å². The molecule has 0 heterocycles. The maximum Gasteiger partial charge on any atom is 0.104 e. The minimum absolute atomic E-state index is 0.243. The summed E-state index contributed by atoms with van der Waals surface area (Å²) in [5, 5.41) is 0. The summed E-state index contributed by atoms with van der Waals surface area (Å²) < 4.78 is 33.4. The summed E-state index contributed by atoms with van der Waals surface area (Å²) in [4.78, 5) is 0. The zero-order valence-corrected chi connectivity index (χ0v) is 15.0. The Labute approximate surface area is 136 Å². The van der Waals surface area contributed by atoms with Crippen LogP contribution in [0.1, 0.15) is 59.3 Å². The van der Waals surface area contributed by atoms with Gasteiger partial charge < -0.3 is 4.55 Å². The molecule has 0 spiro atoms.